The largest absolute Gasteiger partial charge is 0.456 e. The second-order valence-corrected chi connectivity index (χ2v) is 12.2. The van der Waals surface area contributed by atoms with Crippen LogP contribution in [0.5, 0.6) is 0 Å². The number of furan rings is 1. The van der Waals surface area contributed by atoms with Gasteiger partial charge in [-0.1, -0.05) is 158 Å². The predicted octanol–water partition coefficient (Wildman–Crippen LogP) is 13.7. The summed E-state index contributed by atoms with van der Waals surface area (Å²) in [6.07, 6.45) is 0. The standard InChI is InChI=1S/C48H30O/c1-3-14-31(15-4-1)36-27-26-35(29-42(36)32-16-5-2-6-17-32)46-37-20-9-11-22-39(37)47(40-23-12-10-21-38(40)46)41-24-13-25-44-48(41)43-28-33-18-7-8-19-34(33)30-45(43)49-44/h1-30H/i2D,5D,6D,16D,17D,26D,27D,29D. The number of hydrogen-bond acceptors (Lipinski definition) is 1. The van der Waals surface area contributed by atoms with E-state index in [1.54, 1.807) is 24.3 Å². The molecular weight excluding hydrogens is 593 g/mol. The normalized spacial score (nSPS) is 14.0. The van der Waals surface area contributed by atoms with Crippen molar-refractivity contribution in [1.82, 2.24) is 0 Å². The quantitative estimate of drug-likeness (QED) is 0.176. The molecule has 0 saturated carbocycles. The van der Waals surface area contributed by atoms with Crippen LogP contribution in [-0.2, 0) is 0 Å². The minimum atomic E-state index is -0.550. The van der Waals surface area contributed by atoms with E-state index in [1.807, 2.05) is 78.9 Å². The fourth-order valence-corrected chi connectivity index (χ4v) is 7.32. The van der Waals surface area contributed by atoms with Gasteiger partial charge in [0.2, 0.25) is 0 Å². The molecule has 0 unspecified atom stereocenters. The van der Waals surface area contributed by atoms with Gasteiger partial charge in [0.1, 0.15) is 11.2 Å². The van der Waals surface area contributed by atoms with Gasteiger partial charge in [-0.25, -0.2) is 0 Å². The van der Waals surface area contributed by atoms with E-state index < -0.39 is 30.2 Å². The molecule has 10 aromatic rings. The maximum absolute atomic E-state index is 10.00. The Morgan fingerprint density at radius 1 is 0.388 bits per heavy atom. The van der Waals surface area contributed by atoms with E-state index in [2.05, 4.69) is 30.3 Å². The molecule has 1 heteroatoms. The average molecular weight is 631 g/mol. The average Bonchev–Trinajstić information content (AvgIpc) is 3.61. The topological polar surface area (TPSA) is 13.1 Å². The van der Waals surface area contributed by atoms with Gasteiger partial charge in [-0.15, -0.1) is 0 Å². The van der Waals surface area contributed by atoms with Crippen LogP contribution in [0.25, 0.3) is 98.8 Å². The van der Waals surface area contributed by atoms with Crippen molar-refractivity contribution in [2.45, 2.75) is 0 Å². The van der Waals surface area contributed by atoms with Crippen LogP contribution in [0.15, 0.2) is 186 Å². The lowest BCUT2D eigenvalue weighted by atomic mass is 9.83. The maximum atomic E-state index is 10.00. The predicted molar refractivity (Wildman–Crippen MR) is 208 cm³/mol. The van der Waals surface area contributed by atoms with E-state index in [1.165, 1.54) is 0 Å². The van der Waals surface area contributed by atoms with Gasteiger partial charge < -0.3 is 4.42 Å². The Morgan fingerprint density at radius 3 is 1.73 bits per heavy atom. The zero-order chi connectivity index (χ0) is 39.3. The molecule has 0 aliphatic carbocycles. The van der Waals surface area contributed by atoms with Crippen LogP contribution in [-0.4, -0.2) is 0 Å². The Balaban J connectivity index is 1.36. The first-order valence-corrected chi connectivity index (χ1v) is 16.2. The van der Waals surface area contributed by atoms with Crippen LogP contribution < -0.4 is 0 Å². The molecule has 0 radical (unpaired) electrons. The number of hydrogen-bond donors (Lipinski definition) is 0. The van der Waals surface area contributed by atoms with Crippen molar-refractivity contribution in [1.29, 1.82) is 0 Å². The van der Waals surface area contributed by atoms with Crippen molar-refractivity contribution in [3.8, 4) is 44.5 Å². The third-order valence-electron chi connectivity index (χ3n) is 9.44. The molecule has 0 atom stereocenters. The van der Waals surface area contributed by atoms with Gasteiger partial charge in [-0.05, 0) is 101 Å². The molecule has 0 aliphatic heterocycles. The Labute approximate surface area is 295 Å². The van der Waals surface area contributed by atoms with Gasteiger partial charge >= 0.3 is 0 Å². The zero-order valence-corrected chi connectivity index (χ0v) is 26.1. The van der Waals surface area contributed by atoms with Crippen LogP contribution in [0.2, 0.25) is 0 Å². The van der Waals surface area contributed by atoms with Crippen LogP contribution in [0, 0.1) is 0 Å². The summed E-state index contributed by atoms with van der Waals surface area (Å²) in [7, 11) is 0. The summed E-state index contributed by atoms with van der Waals surface area (Å²) in [4.78, 5) is 0. The summed E-state index contributed by atoms with van der Waals surface area (Å²) in [5.41, 5.74) is 4.59. The third-order valence-corrected chi connectivity index (χ3v) is 9.44. The van der Waals surface area contributed by atoms with E-state index in [0.29, 0.717) is 11.1 Å². The van der Waals surface area contributed by atoms with Crippen LogP contribution in [0.3, 0.4) is 0 Å². The molecule has 0 spiro atoms. The van der Waals surface area contributed by atoms with E-state index >= 15 is 0 Å². The number of benzene rings is 9. The van der Waals surface area contributed by atoms with Gasteiger partial charge in [0.05, 0.1) is 11.0 Å². The van der Waals surface area contributed by atoms with Gasteiger partial charge in [0.15, 0.2) is 0 Å². The molecule has 1 heterocycles. The van der Waals surface area contributed by atoms with Gasteiger partial charge in [-0.2, -0.15) is 0 Å². The molecule has 0 amide bonds. The Morgan fingerprint density at radius 2 is 1.02 bits per heavy atom. The lowest BCUT2D eigenvalue weighted by Crippen LogP contribution is -1.93. The smallest absolute Gasteiger partial charge is 0.136 e. The molecule has 0 saturated heterocycles. The molecular formula is C48H30O. The highest BCUT2D eigenvalue weighted by Crippen LogP contribution is 2.48. The number of fused-ring (bicyclic) bond motifs is 6. The highest BCUT2D eigenvalue weighted by Gasteiger charge is 2.21. The maximum Gasteiger partial charge on any atom is 0.136 e. The van der Waals surface area contributed by atoms with Crippen molar-refractivity contribution in [2.75, 3.05) is 0 Å². The second-order valence-electron chi connectivity index (χ2n) is 12.2. The zero-order valence-electron chi connectivity index (χ0n) is 34.1. The number of rotatable bonds is 4. The summed E-state index contributed by atoms with van der Waals surface area (Å²) >= 11 is 0. The molecule has 0 N–H and O–H groups in total. The Hall–Kier alpha value is -6.44. The van der Waals surface area contributed by atoms with E-state index in [4.69, 9.17) is 11.3 Å². The van der Waals surface area contributed by atoms with Crippen molar-refractivity contribution in [3.63, 3.8) is 0 Å². The fourth-order valence-electron chi connectivity index (χ4n) is 7.32. The molecule has 1 nitrogen and oxygen atoms in total. The van der Waals surface area contributed by atoms with E-state index in [9.17, 15) is 4.11 Å². The summed E-state index contributed by atoms with van der Waals surface area (Å²) in [6, 6.07) is 39.9. The summed E-state index contributed by atoms with van der Waals surface area (Å²) in [5, 5.41) is 7.32. The molecule has 0 bridgehead atoms. The Bertz CT molecular complexity index is 3250. The molecule has 49 heavy (non-hydrogen) atoms. The molecule has 10 rings (SSSR count). The second kappa shape index (κ2) is 11.1. The lowest BCUT2D eigenvalue weighted by Gasteiger charge is -2.19. The van der Waals surface area contributed by atoms with E-state index in [0.717, 1.165) is 65.4 Å². The van der Waals surface area contributed by atoms with Crippen LogP contribution in [0.1, 0.15) is 11.0 Å². The van der Waals surface area contributed by atoms with Gasteiger partial charge in [-0.3, -0.25) is 0 Å². The molecule has 228 valence electrons. The highest BCUT2D eigenvalue weighted by atomic mass is 16.3. The summed E-state index contributed by atoms with van der Waals surface area (Å²) < 4.78 is 79.1. The Kier molecular flexibility index (Phi) is 4.69. The first-order valence-electron chi connectivity index (χ1n) is 20.2. The minimum absolute atomic E-state index is 0.00769. The minimum Gasteiger partial charge on any atom is -0.456 e. The van der Waals surface area contributed by atoms with Crippen molar-refractivity contribution < 1.29 is 15.4 Å². The molecule has 9 aromatic carbocycles. The highest BCUT2D eigenvalue weighted by molar-refractivity contribution is 6.26. The molecule has 0 aliphatic rings. The lowest BCUT2D eigenvalue weighted by molar-refractivity contribution is 0.669. The van der Waals surface area contributed by atoms with Crippen LogP contribution >= 0.6 is 0 Å². The first kappa shape index (κ1) is 20.7. The SMILES string of the molecule is [2H]c1c([2H])c([2H])c(-c2c([2H])c(-c3c4ccccc4c(-c4cccc5oc6cc7ccccc7cc6c45)c4ccccc34)c([2H])c([2H])c2-c2ccccc2)c([2H])c1[2H]. The van der Waals surface area contributed by atoms with Crippen molar-refractivity contribution in [2.24, 2.45) is 0 Å². The van der Waals surface area contributed by atoms with Crippen LogP contribution in [0.4, 0.5) is 0 Å². The summed E-state index contributed by atoms with van der Waals surface area (Å²) in [6.45, 7) is 0. The molecule has 0 fully saturated rings. The van der Waals surface area contributed by atoms with Gasteiger partial charge in [0, 0.05) is 10.8 Å². The summed E-state index contributed by atoms with van der Waals surface area (Å²) in [5.74, 6) is 0. The van der Waals surface area contributed by atoms with Crippen molar-refractivity contribution >= 4 is 54.3 Å². The third kappa shape index (κ3) is 4.40. The fraction of sp³-hybridized carbons (Fsp3) is 0. The first-order chi connectivity index (χ1) is 27.7. The van der Waals surface area contributed by atoms with E-state index in [-0.39, 0.29) is 40.4 Å². The molecule has 1 aromatic heterocycles. The van der Waals surface area contributed by atoms with Crippen molar-refractivity contribution in [3.05, 3.63) is 182 Å². The monoisotopic (exact) mass is 630 g/mol. The van der Waals surface area contributed by atoms with Gasteiger partial charge in [0.25, 0.3) is 0 Å².